The molecule has 3 aliphatic rings. The van der Waals surface area contributed by atoms with Crippen molar-refractivity contribution in [3.8, 4) is 0 Å². The summed E-state index contributed by atoms with van der Waals surface area (Å²) < 4.78 is 11.9. The van der Waals surface area contributed by atoms with Gasteiger partial charge in [-0.1, -0.05) is 27.4 Å². The van der Waals surface area contributed by atoms with Gasteiger partial charge in [0.2, 0.25) is 0 Å². The maximum absolute atomic E-state index is 6.26. The molecule has 0 N–H and O–H groups in total. The van der Waals surface area contributed by atoms with Crippen molar-refractivity contribution < 1.29 is 9.15 Å². The van der Waals surface area contributed by atoms with E-state index < -0.39 is 0 Å². The van der Waals surface area contributed by atoms with Crippen LogP contribution in [0.25, 0.3) is 5.57 Å². The largest absolute Gasteiger partial charge is 0.466 e. The van der Waals surface area contributed by atoms with Crippen LogP contribution in [0.3, 0.4) is 0 Å². The van der Waals surface area contributed by atoms with Gasteiger partial charge in [0, 0.05) is 16.4 Å². The van der Waals surface area contributed by atoms with Crippen molar-refractivity contribution in [2.75, 3.05) is 0 Å². The van der Waals surface area contributed by atoms with E-state index >= 15 is 0 Å². The molecule has 4 bridgehead atoms. The smallest absolute Gasteiger partial charge is 0.140 e. The Morgan fingerprint density at radius 2 is 2.18 bits per heavy atom. The Labute approximate surface area is 102 Å². The lowest BCUT2D eigenvalue weighted by Crippen LogP contribution is -2.42. The molecule has 0 spiro atoms. The van der Waals surface area contributed by atoms with Crippen molar-refractivity contribution in [2.45, 2.75) is 39.4 Å². The van der Waals surface area contributed by atoms with Crippen LogP contribution >= 0.6 is 0 Å². The van der Waals surface area contributed by atoms with Crippen molar-refractivity contribution >= 4 is 5.57 Å². The quantitative estimate of drug-likeness (QED) is 0.676. The first-order valence-electron chi connectivity index (χ1n) is 6.44. The fraction of sp³-hybridized carbons (Fsp3) is 0.600. The first kappa shape index (κ1) is 9.95. The molecule has 1 aliphatic heterocycles. The SMILES string of the molecule is C=C1c2ccoc2[C@H]2O[C@@H]3C[C@@H](C)[C@@]2(C)[C@]13C. The number of furan rings is 1. The Morgan fingerprint density at radius 1 is 1.41 bits per heavy atom. The van der Waals surface area contributed by atoms with Crippen LogP contribution in [0.1, 0.15) is 44.6 Å². The zero-order valence-corrected chi connectivity index (χ0v) is 10.6. The molecule has 0 radical (unpaired) electrons. The lowest BCUT2D eigenvalue weighted by atomic mass is 9.55. The molecule has 1 saturated heterocycles. The number of hydrogen-bond acceptors (Lipinski definition) is 2. The van der Waals surface area contributed by atoms with Gasteiger partial charge in [0.05, 0.1) is 12.4 Å². The van der Waals surface area contributed by atoms with Crippen LogP contribution in [0.2, 0.25) is 0 Å². The van der Waals surface area contributed by atoms with Gasteiger partial charge in [-0.3, -0.25) is 0 Å². The summed E-state index contributed by atoms with van der Waals surface area (Å²) in [5.41, 5.74) is 2.62. The Bertz CT molecular complexity index is 529. The van der Waals surface area contributed by atoms with E-state index in [1.165, 1.54) is 11.1 Å². The second-order valence-corrected chi connectivity index (χ2v) is 6.30. The third-order valence-corrected chi connectivity index (χ3v) is 6.08. The molecular formula is C15H18O2. The van der Waals surface area contributed by atoms with Gasteiger partial charge >= 0.3 is 0 Å². The van der Waals surface area contributed by atoms with Crippen LogP contribution in [-0.2, 0) is 4.74 Å². The molecule has 17 heavy (non-hydrogen) atoms. The highest BCUT2D eigenvalue weighted by atomic mass is 16.5. The summed E-state index contributed by atoms with van der Waals surface area (Å²) in [5.74, 6) is 1.66. The molecule has 90 valence electrons. The molecule has 0 aromatic carbocycles. The highest BCUT2D eigenvalue weighted by Crippen LogP contribution is 2.76. The molecular weight excluding hydrogens is 212 g/mol. The summed E-state index contributed by atoms with van der Waals surface area (Å²) in [4.78, 5) is 0. The topological polar surface area (TPSA) is 22.4 Å². The van der Waals surface area contributed by atoms with E-state index in [0.29, 0.717) is 12.0 Å². The van der Waals surface area contributed by atoms with E-state index in [2.05, 4.69) is 27.4 Å². The van der Waals surface area contributed by atoms with Gasteiger partial charge in [-0.05, 0) is 24.0 Å². The Balaban J connectivity index is 2.06. The van der Waals surface area contributed by atoms with Gasteiger partial charge in [-0.15, -0.1) is 0 Å². The zero-order chi connectivity index (χ0) is 12.0. The molecule has 2 heteroatoms. The van der Waals surface area contributed by atoms with Crippen molar-refractivity contribution in [3.05, 3.63) is 30.2 Å². The molecule has 1 saturated carbocycles. The molecule has 2 heterocycles. The van der Waals surface area contributed by atoms with Crippen LogP contribution in [-0.4, -0.2) is 6.10 Å². The van der Waals surface area contributed by atoms with Gasteiger partial charge in [0.15, 0.2) is 0 Å². The predicted octanol–water partition coefficient (Wildman–Crippen LogP) is 3.80. The second kappa shape index (κ2) is 2.54. The summed E-state index contributed by atoms with van der Waals surface area (Å²) in [7, 11) is 0. The number of hydrogen-bond donors (Lipinski definition) is 0. The highest BCUT2D eigenvalue weighted by Gasteiger charge is 2.73. The summed E-state index contributed by atoms with van der Waals surface area (Å²) in [6, 6.07) is 2.05. The van der Waals surface area contributed by atoms with E-state index in [-0.39, 0.29) is 16.9 Å². The Morgan fingerprint density at radius 3 is 2.94 bits per heavy atom. The number of rotatable bonds is 0. The molecule has 2 aliphatic carbocycles. The van der Waals surface area contributed by atoms with Crippen LogP contribution in [0.15, 0.2) is 23.3 Å². The van der Waals surface area contributed by atoms with E-state index in [4.69, 9.17) is 9.15 Å². The van der Waals surface area contributed by atoms with Crippen LogP contribution in [0.5, 0.6) is 0 Å². The van der Waals surface area contributed by atoms with Crippen LogP contribution < -0.4 is 0 Å². The first-order valence-corrected chi connectivity index (χ1v) is 6.44. The van der Waals surface area contributed by atoms with Gasteiger partial charge in [-0.25, -0.2) is 0 Å². The van der Waals surface area contributed by atoms with Gasteiger partial charge < -0.3 is 9.15 Å². The van der Waals surface area contributed by atoms with Gasteiger partial charge in [0.25, 0.3) is 0 Å². The fourth-order valence-electron chi connectivity index (χ4n) is 4.60. The zero-order valence-electron chi connectivity index (χ0n) is 10.6. The summed E-state index contributed by atoms with van der Waals surface area (Å²) >= 11 is 0. The molecule has 4 rings (SSSR count). The van der Waals surface area contributed by atoms with Crippen molar-refractivity contribution in [3.63, 3.8) is 0 Å². The minimum Gasteiger partial charge on any atom is -0.466 e. The normalized spacial score (nSPS) is 50.8. The first-order chi connectivity index (χ1) is 8.01. The highest BCUT2D eigenvalue weighted by molar-refractivity contribution is 5.75. The monoisotopic (exact) mass is 230 g/mol. The fourth-order valence-corrected chi connectivity index (χ4v) is 4.60. The summed E-state index contributed by atoms with van der Waals surface area (Å²) in [6.45, 7) is 11.4. The minimum atomic E-state index is 0.0773. The Hall–Kier alpha value is -1.02. The van der Waals surface area contributed by atoms with E-state index in [1.807, 2.05) is 6.07 Å². The molecule has 2 nitrogen and oxygen atoms in total. The maximum Gasteiger partial charge on any atom is 0.140 e. The van der Waals surface area contributed by atoms with Crippen molar-refractivity contribution in [1.82, 2.24) is 0 Å². The summed E-state index contributed by atoms with van der Waals surface area (Å²) in [5, 5.41) is 0. The number of fused-ring (bicyclic) bond motifs is 2. The molecule has 2 fully saturated rings. The molecule has 5 atom stereocenters. The maximum atomic E-state index is 6.26. The third kappa shape index (κ3) is 0.751. The standard InChI is InChI=1S/C15H18O2/c1-8-7-11-15(4)9(2)10-5-6-16-12(10)13(17-11)14(8,15)3/h5-6,8,11,13H,2,7H2,1,3-4H3/t8-,11-,13-,14-,15-/m1/s1. The average Bonchev–Trinajstić information content (AvgIpc) is 2.88. The van der Waals surface area contributed by atoms with E-state index in [1.54, 1.807) is 6.26 Å². The molecule has 1 aromatic rings. The average molecular weight is 230 g/mol. The van der Waals surface area contributed by atoms with Gasteiger partial charge in [0.1, 0.15) is 11.9 Å². The predicted molar refractivity (Wildman–Crippen MR) is 65.4 cm³/mol. The summed E-state index contributed by atoms with van der Waals surface area (Å²) in [6.07, 6.45) is 3.34. The van der Waals surface area contributed by atoms with Crippen LogP contribution in [0, 0.1) is 16.7 Å². The molecule has 0 unspecified atom stereocenters. The lowest BCUT2D eigenvalue weighted by Gasteiger charge is -2.46. The second-order valence-electron chi connectivity index (χ2n) is 6.30. The van der Waals surface area contributed by atoms with E-state index in [9.17, 15) is 0 Å². The third-order valence-electron chi connectivity index (χ3n) is 6.08. The Kier molecular flexibility index (Phi) is 1.48. The van der Waals surface area contributed by atoms with Crippen LogP contribution in [0.4, 0.5) is 0 Å². The minimum absolute atomic E-state index is 0.0773. The van der Waals surface area contributed by atoms with Crippen molar-refractivity contribution in [1.29, 1.82) is 0 Å². The molecule has 0 amide bonds. The van der Waals surface area contributed by atoms with E-state index in [0.717, 1.165) is 12.2 Å². The van der Waals surface area contributed by atoms with Crippen molar-refractivity contribution in [2.24, 2.45) is 16.7 Å². The van der Waals surface area contributed by atoms with Gasteiger partial charge in [-0.2, -0.15) is 0 Å². The number of ether oxygens (including phenoxy) is 1. The molecule has 1 aromatic heterocycles. The lowest BCUT2D eigenvalue weighted by molar-refractivity contribution is -0.0620.